The first-order chi connectivity index (χ1) is 9.13. The number of methoxy groups -OCH3 is 1. The van der Waals surface area contributed by atoms with Crippen molar-refractivity contribution in [2.24, 2.45) is 0 Å². The van der Waals surface area contributed by atoms with Crippen LogP contribution in [0.5, 0.6) is 5.75 Å². The number of hydrogen-bond acceptors (Lipinski definition) is 3. The van der Waals surface area contributed by atoms with Gasteiger partial charge in [-0.05, 0) is 37.3 Å². The highest BCUT2D eigenvalue weighted by molar-refractivity contribution is 6.31. The molecule has 1 aromatic heterocycles. The lowest BCUT2D eigenvalue weighted by Gasteiger charge is -2.13. The van der Waals surface area contributed by atoms with Crippen LogP contribution in [-0.4, -0.2) is 17.9 Å². The summed E-state index contributed by atoms with van der Waals surface area (Å²) in [5.41, 5.74) is 1.21. The highest BCUT2D eigenvalue weighted by Crippen LogP contribution is 2.28. The second kappa shape index (κ2) is 5.85. The highest BCUT2D eigenvalue weighted by atomic mass is 35.5. The molecule has 0 bridgehead atoms. The summed E-state index contributed by atoms with van der Waals surface area (Å²) in [5, 5.41) is 0.511. The van der Waals surface area contributed by atoms with Crippen LogP contribution in [0.2, 0.25) is 5.02 Å². The summed E-state index contributed by atoms with van der Waals surface area (Å²) in [6, 6.07) is 10.5. The van der Waals surface area contributed by atoms with E-state index in [4.69, 9.17) is 16.3 Å². The molecule has 98 valence electrons. The molecular formula is C15H14ClNO2. The standard InChI is InChI=1S/C15H14ClNO2/c1-10(13-5-3-4-8-17-13)15(18)12-9-11(16)6-7-14(12)19-2/h3-10H,1-2H3. The third kappa shape index (κ3) is 2.93. The van der Waals surface area contributed by atoms with Crippen molar-refractivity contribution in [1.82, 2.24) is 4.98 Å². The Balaban J connectivity index is 2.37. The van der Waals surface area contributed by atoms with Gasteiger partial charge in [0.1, 0.15) is 5.75 Å². The Labute approximate surface area is 117 Å². The normalized spacial score (nSPS) is 11.9. The summed E-state index contributed by atoms with van der Waals surface area (Å²) in [4.78, 5) is 16.7. The summed E-state index contributed by atoms with van der Waals surface area (Å²) < 4.78 is 5.21. The van der Waals surface area contributed by atoms with Crippen LogP contribution in [-0.2, 0) is 0 Å². The summed E-state index contributed by atoms with van der Waals surface area (Å²) in [6.07, 6.45) is 1.67. The molecule has 1 atom stereocenters. The van der Waals surface area contributed by atoms with Gasteiger partial charge in [0.05, 0.1) is 24.3 Å². The van der Waals surface area contributed by atoms with Gasteiger partial charge in [-0.2, -0.15) is 0 Å². The zero-order valence-electron chi connectivity index (χ0n) is 10.8. The van der Waals surface area contributed by atoms with Gasteiger partial charge in [0.2, 0.25) is 0 Å². The SMILES string of the molecule is COc1ccc(Cl)cc1C(=O)C(C)c1ccccn1. The van der Waals surface area contributed by atoms with E-state index in [1.807, 2.05) is 25.1 Å². The number of Topliss-reactive ketones (excluding diaryl/α,β-unsaturated/α-hetero) is 1. The van der Waals surface area contributed by atoms with Crippen molar-refractivity contribution in [3.63, 3.8) is 0 Å². The van der Waals surface area contributed by atoms with E-state index in [0.29, 0.717) is 16.3 Å². The first-order valence-corrected chi connectivity index (χ1v) is 6.30. The number of nitrogens with zero attached hydrogens (tertiary/aromatic N) is 1. The van der Waals surface area contributed by atoms with Gasteiger partial charge in [-0.1, -0.05) is 17.7 Å². The first-order valence-electron chi connectivity index (χ1n) is 5.92. The fourth-order valence-corrected chi connectivity index (χ4v) is 2.04. The van der Waals surface area contributed by atoms with Crippen molar-refractivity contribution in [3.05, 3.63) is 58.9 Å². The Hall–Kier alpha value is -1.87. The number of carbonyl (C=O) groups is 1. The molecule has 0 aliphatic rings. The highest BCUT2D eigenvalue weighted by Gasteiger charge is 2.21. The largest absolute Gasteiger partial charge is 0.496 e. The zero-order chi connectivity index (χ0) is 13.8. The summed E-state index contributed by atoms with van der Waals surface area (Å²) >= 11 is 5.95. The van der Waals surface area contributed by atoms with Gasteiger partial charge in [0, 0.05) is 11.2 Å². The number of pyridine rings is 1. The number of aromatic nitrogens is 1. The molecular weight excluding hydrogens is 262 g/mol. The van der Waals surface area contributed by atoms with Crippen molar-refractivity contribution in [3.8, 4) is 5.75 Å². The summed E-state index contributed by atoms with van der Waals surface area (Å²) in [5.74, 6) is 0.129. The fourth-order valence-electron chi connectivity index (χ4n) is 1.87. The lowest BCUT2D eigenvalue weighted by atomic mass is 9.95. The molecule has 1 heterocycles. The maximum absolute atomic E-state index is 12.5. The molecule has 0 fully saturated rings. The topological polar surface area (TPSA) is 39.2 Å². The molecule has 2 rings (SSSR count). The second-order valence-electron chi connectivity index (χ2n) is 4.19. The average Bonchev–Trinajstić information content (AvgIpc) is 2.46. The van der Waals surface area contributed by atoms with Crippen LogP contribution in [0, 0.1) is 0 Å². The minimum Gasteiger partial charge on any atom is -0.496 e. The van der Waals surface area contributed by atoms with Gasteiger partial charge < -0.3 is 4.74 Å². The van der Waals surface area contributed by atoms with Gasteiger partial charge in [0.25, 0.3) is 0 Å². The van der Waals surface area contributed by atoms with Crippen molar-refractivity contribution >= 4 is 17.4 Å². The Kier molecular flexibility index (Phi) is 4.17. The number of ketones is 1. The maximum atomic E-state index is 12.5. The van der Waals surface area contributed by atoms with Crippen molar-refractivity contribution in [2.75, 3.05) is 7.11 Å². The fraction of sp³-hybridized carbons (Fsp3) is 0.200. The smallest absolute Gasteiger partial charge is 0.175 e. The molecule has 0 radical (unpaired) electrons. The molecule has 0 saturated heterocycles. The van der Waals surface area contributed by atoms with Crippen LogP contribution in [0.4, 0.5) is 0 Å². The van der Waals surface area contributed by atoms with Gasteiger partial charge in [-0.15, -0.1) is 0 Å². The second-order valence-corrected chi connectivity index (χ2v) is 4.62. The van der Waals surface area contributed by atoms with Gasteiger partial charge in [0.15, 0.2) is 5.78 Å². The average molecular weight is 276 g/mol. The van der Waals surface area contributed by atoms with E-state index in [2.05, 4.69) is 4.98 Å². The van der Waals surface area contributed by atoms with Crippen LogP contribution in [0.15, 0.2) is 42.6 Å². The number of rotatable bonds is 4. The van der Waals surface area contributed by atoms with Crippen LogP contribution in [0.3, 0.4) is 0 Å². The quantitative estimate of drug-likeness (QED) is 0.798. The Morgan fingerprint density at radius 3 is 2.74 bits per heavy atom. The number of hydrogen-bond donors (Lipinski definition) is 0. The molecule has 0 N–H and O–H groups in total. The number of benzene rings is 1. The molecule has 0 aliphatic heterocycles. The van der Waals surface area contributed by atoms with Crippen LogP contribution < -0.4 is 4.74 Å². The molecule has 0 spiro atoms. The van der Waals surface area contributed by atoms with E-state index in [9.17, 15) is 4.79 Å². The molecule has 3 nitrogen and oxygen atoms in total. The minimum absolute atomic E-state index is 0.0574. The summed E-state index contributed by atoms with van der Waals surface area (Å²) in [7, 11) is 1.53. The van der Waals surface area contributed by atoms with Crippen molar-refractivity contribution < 1.29 is 9.53 Å². The monoisotopic (exact) mass is 275 g/mol. The van der Waals surface area contributed by atoms with Crippen LogP contribution >= 0.6 is 11.6 Å². The van der Waals surface area contributed by atoms with Gasteiger partial charge in [-0.3, -0.25) is 9.78 Å². The number of halogens is 1. The molecule has 19 heavy (non-hydrogen) atoms. The Morgan fingerprint density at radius 2 is 2.11 bits per heavy atom. The molecule has 0 amide bonds. The van der Waals surface area contributed by atoms with E-state index in [-0.39, 0.29) is 11.7 Å². The Bertz CT molecular complexity index is 584. The van der Waals surface area contributed by atoms with Gasteiger partial charge in [-0.25, -0.2) is 0 Å². The van der Waals surface area contributed by atoms with Crippen LogP contribution in [0.25, 0.3) is 0 Å². The Morgan fingerprint density at radius 1 is 1.32 bits per heavy atom. The third-order valence-electron chi connectivity index (χ3n) is 2.95. The van der Waals surface area contributed by atoms with E-state index in [0.717, 1.165) is 5.69 Å². The zero-order valence-corrected chi connectivity index (χ0v) is 11.5. The molecule has 2 aromatic rings. The predicted molar refractivity (Wildman–Crippen MR) is 75.0 cm³/mol. The van der Waals surface area contributed by atoms with Crippen molar-refractivity contribution in [1.29, 1.82) is 0 Å². The molecule has 0 aliphatic carbocycles. The van der Waals surface area contributed by atoms with E-state index >= 15 is 0 Å². The summed E-state index contributed by atoms with van der Waals surface area (Å²) in [6.45, 7) is 1.82. The van der Waals surface area contributed by atoms with Crippen LogP contribution in [0.1, 0.15) is 28.9 Å². The van der Waals surface area contributed by atoms with Crippen molar-refractivity contribution in [2.45, 2.75) is 12.8 Å². The molecule has 0 saturated carbocycles. The lowest BCUT2D eigenvalue weighted by Crippen LogP contribution is -2.12. The maximum Gasteiger partial charge on any atom is 0.175 e. The number of carbonyl (C=O) groups excluding carboxylic acids is 1. The number of ether oxygens (including phenoxy) is 1. The minimum atomic E-state index is -0.339. The molecule has 1 unspecified atom stereocenters. The first kappa shape index (κ1) is 13.6. The molecule has 4 heteroatoms. The lowest BCUT2D eigenvalue weighted by molar-refractivity contribution is 0.0961. The van der Waals surface area contributed by atoms with E-state index in [1.165, 1.54) is 7.11 Å². The van der Waals surface area contributed by atoms with Gasteiger partial charge >= 0.3 is 0 Å². The molecule has 1 aromatic carbocycles. The third-order valence-corrected chi connectivity index (χ3v) is 3.19. The predicted octanol–water partition coefficient (Wildman–Crippen LogP) is 3.73. The van der Waals surface area contributed by atoms with E-state index < -0.39 is 0 Å². The van der Waals surface area contributed by atoms with E-state index in [1.54, 1.807) is 24.4 Å².